The Morgan fingerprint density at radius 2 is 1.38 bits per heavy atom. The lowest BCUT2D eigenvalue weighted by molar-refractivity contribution is 0.0289. The molecule has 0 saturated heterocycles. The van der Waals surface area contributed by atoms with Crippen LogP contribution in [0, 0.1) is 16.7 Å². The fourth-order valence-corrected chi connectivity index (χ4v) is 3.41. The first-order chi connectivity index (χ1) is 9.29. The minimum absolute atomic E-state index is 0.322. The maximum absolute atomic E-state index is 2.79. The molecule has 1 unspecified atom stereocenters. The van der Waals surface area contributed by atoms with Crippen LogP contribution < -0.4 is 0 Å². The SMILES string of the molecule is CCC(C)(CC(C)(C)C)N(CCCC(C)C)CC(C)(C)C. The van der Waals surface area contributed by atoms with Crippen molar-refractivity contribution in [3.8, 4) is 0 Å². The van der Waals surface area contributed by atoms with Gasteiger partial charge in [-0.15, -0.1) is 0 Å². The molecule has 0 spiro atoms. The fraction of sp³-hybridized carbons (Fsp3) is 1.00. The van der Waals surface area contributed by atoms with Crippen molar-refractivity contribution in [2.75, 3.05) is 13.1 Å². The molecule has 0 bridgehead atoms. The lowest BCUT2D eigenvalue weighted by atomic mass is 9.77. The topological polar surface area (TPSA) is 3.24 Å². The lowest BCUT2D eigenvalue weighted by Gasteiger charge is -2.47. The largest absolute Gasteiger partial charge is 0.297 e. The zero-order valence-corrected chi connectivity index (χ0v) is 16.8. The van der Waals surface area contributed by atoms with E-state index in [-0.39, 0.29) is 0 Å². The van der Waals surface area contributed by atoms with Gasteiger partial charge in [0.1, 0.15) is 0 Å². The number of hydrogen-bond acceptors (Lipinski definition) is 1. The number of rotatable bonds is 8. The quantitative estimate of drug-likeness (QED) is 0.502. The molecule has 0 aliphatic rings. The summed E-state index contributed by atoms with van der Waals surface area (Å²) in [7, 11) is 0. The molecule has 0 rings (SSSR count). The zero-order valence-electron chi connectivity index (χ0n) is 16.8. The van der Waals surface area contributed by atoms with Crippen molar-refractivity contribution >= 4 is 0 Å². The van der Waals surface area contributed by atoms with Gasteiger partial charge in [0.25, 0.3) is 0 Å². The first-order valence-corrected chi connectivity index (χ1v) is 9.04. The third-order valence-corrected chi connectivity index (χ3v) is 4.31. The average Bonchev–Trinajstić information content (AvgIpc) is 2.23. The summed E-state index contributed by atoms with van der Waals surface area (Å²) < 4.78 is 0. The molecule has 0 aliphatic carbocycles. The molecule has 0 fully saturated rings. The van der Waals surface area contributed by atoms with Crippen LogP contribution in [-0.4, -0.2) is 23.5 Å². The summed E-state index contributed by atoms with van der Waals surface area (Å²) in [6.07, 6.45) is 5.18. The van der Waals surface area contributed by atoms with Crippen molar-refractivity contribution in [2.24, 2.45) is 16.7 Å². The smallest absolute Gasteiger partial charge is 0.0184 e. The molecule has 21 heavy (non-hydrogen) atoms. The Kier molecular flexibility index (Phi) is 7.98. The van der Waals surface area contributed by atoms with Gasteiger partial charge in [0.2, 0.25) is 0 Å². The maximum atomic E-state index is 2.79. The van der Waals surface area contributed by atoms with Crippen molar-refractivity contribution in [1.29, 1.82) is 0 Å². The monoisotopic (exact) mass is 297 g/mol. The van der Waals surface area contributed by atoms with Crippen molar-refractivity contribution in [2.45, 2.75) is 100 Å². The number of nitrogens with zero attached hydrogens (tertiary/aromatic N) is 1. The molecule has 0 aromatic rings. The molecular weight excluding hydrogens is 254 g/mol. The van der Waals surface area contributed by atoms with Crippen LogP contribution in [0.1, 0.15) is 94.9 Å². The molecule has 0 aliphatic heterocycles. The van der Waals surface area contributed by atoms with E-state index in [1.807, 2.05) is 0 Å². The van der Waals surface area contributed by atoms with Crippen LogP contribution in [0.4, 0.5) is 0 Å². The summed E-state index contributed by atoms with van der Waals surface area (Å²) in [5.74, 6) is 0.817. The predicted molar refractivity (Wildman–Crippen MR) is 97.9 cm³/mol. The average molecular weight is 298 g/mol. The van der Waals surface area contributed by atoms with Gasteiger partial charge in [-0.2, -0.15) is 0 Å². The highest BCUT2D eigenvalue weighted by molar-refractivity contribution is 4.91. The summed E-state index contributed by atoms with van der Waals surface area (Å²) >= 11 is 0. The van der Waals surface area contributed by atoms with Crippen LogP contribution in [0.5, 0.6) is 0 Å². The Balaban J connectivity index is 5.03. The van der Waals surface area contributed by atoms with Gasteiger partial charge >= 0.3 is 0 Å². The molecule has 128 valence electrons. The molecule has 0 aromatic heterocycles. The second-order valence-corrected chi connectivity index (χ2v) is 10.1. The predicted octanol–water partition coefficient (Wildman–Crippen LogP) is 6.38. The Hall–Kier alpha value is -0.0400. The molecule has 1 atom stereocenters. The molecule has 0 N–H and O–H groups in total. The Labute approximate surface area is 135 Å². The minimum atomic E-state index is 0.322. The van der Waals surface area contributed by atoms with Crippen LogP contribution in [0.3, 0.4) is 0 Å². The van der Waals surface area contributed by atoms with E-state index in [0.717, 1.165) is 5.92 Å². The summed E-state index contributed by atoms with van der Waals surface area (Å²) in [6, 6.07) is 0. The molecule has 1 nitrogen and oxygen atoms in total. The fourth-order valence-electron chi connectivity index (χ4n) is 3.41. The van der Waals surface area contributed by atoms with Gasteiger partial charge in [0.15, 0.2) is 0 Å². The Bertz CT molecular complexity index is 279. The van der Waals surface area contributed by atoms with Crippen molar-refractivity contribution in [1.82, 2.24) is 4.90 Å². The third kappa shape index (κ3) is 9.55. The molecule has 0 radical (unpaired) electrons. The van der Waals surface area contributed by atoms with E-state index < -0.39 is 0 Å². The van der Waals surface area contributed by atoms with E-state index >= 15 is 0 Å². The van der Waals surface area contributed by atoms with Crippen molar-refractivity contribution in [3.63, 3.8) is 0 Å². The van der Waals surface area contributed by atoms with Gasteiger partial charge in [0, 0.05) is 12.1 Å². The first kappa shape index (κ1) is 21.0. The maximum Gasteiger partial charge on any atom is 0.0184 e. The van der Waals surface area contributed by atoms with Gasteiger partial charge in [-0.25, -0.2) is 0 Å². The molecule has 0 saturated carbocycles. The normalized spacial score (nSPS) is 16.6. The second kappa shape index (κ2) is 7.99. The molecule has 0 amide bonds. The van der Waals surface area contributed by atoms with E-state index in [1.165, 1.54) is 38.8 Å². The van der Waals surface area contributed by atoms with Gasteiger partial charge in [0.05, 0.1) is 0 Å². The summed E-state index contributed by atoms with van der Waals surface area (Å²) in [4.78, 5) is 2.79. The standard InChI is InChI=1S/C20H43N/c1-11-20(10,15-18(4,5)6)21(16-19(7,8)9)14-12-13-17(2)3/h17H,11-16H2,1-10H3. The van der Waals surface area contributed by atoms with Gasteiger partial charge < -0.3 is 0 Å². The van der Waals surface area contributed by atoms with E-state index in [4.69, 9.17) is 0 Å². The summed E-state index contributed by atoms with van der Waals surface area (Å²) in [5, 5.41) is 0. The Morgan fingerprint density at radius 3 is 1.71 bits per heavy atom. The van der Waals surface area contributed by atoms with Crippen molar-refractivity contribution < 1.29 is 0 Å². The van der Waals surface area contributed by atoms with E-state index in [0.29, 0.717) is 16.4 Å². The van der Waals surface area contributed by atoms with Gasteiger partial charge in [-0.05, 0) is 55.9 Å². The molecule has 1 heteroatoms. The second-order valence-electron chi connectivity index (χ2n) is 10.1. The van der Waals surface area contributed by atoms with Crippen LogP contribution >= 0.6 is 0 Å². The zero-order chi connectivity index (χ0) is 16.9. The molecular formula is C20H43N. The lowest BCUT2D eigenvalue weighted by Crippen LogP contribution is -2.51. The van der Waals surface area contributed by atoms with Crippen LogP contribution in [0.15, 0.2) is 0 Å². The molecule has 0 heterocycles. The molecule has 0 aromatic carbocycles. The minimum Gasteiger partial charge on any atom is -0.297 e. The summed E-state index contributed by atoms with van der Waals surface area (Å²) in [6.45, 7) is 26.2. The highest BCUT2D eigenvalue weighted by atomic mass is 15.2. The van der Waals surface area contributed by atoms with E-state index in [9.17, 15) is 0 Å². The van der Waals surface area contributed by atoms with E-state index in [1.54, 1.807) is 0 Å². The van der Waals surface area contributed by atoms with Crippen LogP contribution in [0.2, 0.25) is 0 Å². The third-order valence-electron chi connectivity index (χ3n) is 4.31. The van der Waals surface area contributed by atoms with Crippen LogP contribution in [-0.2, 0) is 0 Å². The highest BCUT2D eigenvalue weighted by Gasteiger charge is 2.35. The highest BCUT2D eigenvalue weighted by Crippen LogP contribution is 2.36. The van der Waals surface area contributed by atoms with Crippen LogP contribution in [0.25, 0.3) is 0 Å². The Morgan fingerprint density at radius 1 is 0.857 bits per heavy atom. The summed E-state index contributed by atoms with van der Waals surface area (Å²) in [5.41, 5.74) is 1.08. The van der Waals surface area contributed by atoms with Gasteiger partial charge in [-0.1, -0.05) is 62.3 Å². The van der Waals surface area contributed by atoms with Gasteiger partial charge in [-0.3, -0.25) is 4.90 Å². The van der Waals surface area contributed by atoms with Crippen molar-refractivity contribution in [3.05, 3.63) is 0 Å². The first-order valence-electron chi connectivity index (χ1n) is 9.04. The van der Waals surface area contributed by atoms with E-state index in [2.05, 4.69) is 74.1 Å². The number of hydrogen-bond donors (Lipinski definition) is 0.